The molecule has 0 saturated carbocycles. The summed E-state index contributed by atoms with van der Waals surface area (Å²) in [6.07, 6.45) is 8.70. The van der Waals surface area contributed by atoms with Gasteiger partial charge >= 0.3 is 0 Å². The van der Waals surface area contributed by atoms with Crippen LogP contribution in [-0.2, 0) is 0 Å². The molecule has 0 aliphatic rings. The Labute approximate surface area is 104 Å². The van der Waals surface area contributed by atoms with Crippen LogP contribution in [0.3, 0.4) is 0 Å². The maximum Gasteiger partial charge on any atom is 0.117 e. The van der Waals surface area contributed by atoms with Gasteiger partial charge in [0.2, 0.25) is 0 Å². The van der Waals surface area contributed by atoms with E-state index >= 15 is 0 Å². The van der Waals surface area contributed by atoms with Gasteiger partial charge < -0.3 is 5.73 Å². The molecule has 0 saturated heterocycles. The number of hydrogen-bond acceptors (Lipinski definition) is 4. The predicted molar refractivity (Wildman–Crippen MR) is 69.0 cm³/mol. The van der Waals surface area contributed by atoms with E-state index in [1.54, 1.807) is 35.7 Å². The van der Waals surface area contributed by atoms with Gasteiger partial charge in [0.25, 0.3) is 0 Å². The fourth-order valence-electron chi connectivity index (χ4n) is 1.74. The van der Waals surface area contributed by atoms with Crippen molar-refractivity contribution in [1.82, 2.24) is 19.7 Å². The van der Waals surface area contributed by atoms with E-state index in [4.69, 9.17) is 5.73 Å². The number of hydrogen-bond donors (Lipinski definition) is 1. The minimum absolute atomic E-state index is 0.625. The van der Waals surface area contributed by atoms with E-state index in [0.717, 1.165) is 16.9 Å². The van der Waals surface area contributed by atoms with E-state index in [-0.39, 0.29) is 0 Å². The third-order valence-electron chi connectivity index (χ3n) is 2.60. The van der Waals surface area contributed by atoms with E-state index in [2.05, 4.69) is 15.1 Å². The number of nitrogens with two attached hydrogens (primary N) is 1. The smallest absolute Gasteiger partial charge is 0.117 e. The second-order valence-corrected chi connectivity index (χ2v) is 3.82. The Morgan fingerprint density at radius 3 is 2.56 bits per heavy atom. The minimum atomic E-state index is 0.625. The molecule has 0 spiro atoms. The molecule has 0 aliphatic carbocycles. The summed E-state index contributed by atoms with van der Waals surface area (Å²) in [6.45, 7) is 0. The van der Waals surface area contributed by atoms with Crippen molar-refractivity contribution in [2.45, 2.75) is 0 Å². The summed E-state index contributed by atoms with van der Waals surface area (Å²) in [4.78, 5) is 8.05. The van der Waals surface area contributed by atoms with Gasteiger partial charge in [-0.25, -0.2) is 4.68 Å². The molecule has 0 atom stereocenters. The van der Waals surface area contributed by atoms with Crippen LogP contribution in [-0.4, -0.2) is 19.7 Å². The zero-order chi connectivity index (χ0) is 12.4. The molecule has 0 radical (unpaired) electrons. The first-order chi connectivity index (χ1) is 8.84. The monoisotopic (exact) mass is 237 g/mol. The number of nitrogen functional groups attached to an aromatic ring is 1. The quantitative estimate of drug-likeness (QED) is 0.739. The Bertz CT molecular complexity index is 646. The lowest BCUT2D eigenvalue weighted by Crippen LogP contribution is -1.94. The zero-order valence-electron chi connectivity index (χ0n) is 9.56. The molecular weight excluding hydrogens is 226 g/mol. The van der Waals surface area contributed by atoms with Crippen molar-refractivity contribution >= 4 is 5.69 Å². The highest BCUT2D eigenvalue weighted by Gasteiger charge is 2.09. The summed E-state index contributed by atoms with van der Waals surface area (Å²) in [6, 6.07) is 7.54. The van der Waals surface area contributed by atoms with E-state index < -0.39 is 0 Å². The number of aromatic nitrogens is 4. The van der Waals surface area contributed by atoms with Crippen molar-refractivity contribution in [2.75, 3.05) is 5.73 Å². The van der Waals surface area contributed by atoms with E-state index in [1.807, 2.05) is 24.3 Å². The van der Waals surface area contributed by atoms with Gasteiger partial charge in [0.1, 0.15) is 5.69 Å². The Kier molecular flexibility index (Phi) is 2.49. The number of pyridine rings is 2. The molecule has 0 unspecified atom stereocenters. The molecule has 3 heterocycles. The van der Waals surface area contributed by atoms with Gasteiger partial charge in [-0.05, 0) is 24.3 Å². The normalized spacial score (nSPS) is 10.4. The van der Waals surface area contributed by atoms with Gasteiger partial charge in [0.05, 0.1) is 17.6 Å². The first kappa shape index (κ1) is 10.5. The van der Waals surface area contributed by atoms with Gasteiger partial charge in [0, 0.05) is 30.4 Å². The molecule has 3 aromatic heterocycles. The Hall–Kier alpha value is -2.69. The molecule has 5 heteroatoms. The van der Waals surface area contributed by atoms with Gasteiger partial charge in [-0.1, -0.05) is 0 Å². The van der Waals surface area contributed by atoms with Crippen molar-refractivity contribution in [3.63, 3.8) is 0 Å². The molecule has 5 nitrogen and oxygen atoms in total. The van der Waals surface area contributed by atoms with Crippen LogP contribution in [0.2, 0.25) is 0 Å². The van der Waals surface area contributed by atoms with E-state index in [1.165, 1.54) is 0 Å². The molecule has 0 aromatic carbocycles. The molecule has 0 fully saturated rings. The maximum atomic E-state index is 5.98. The van der Waals surface area contributed by atoms with Crippen LogP contribution >= 0.6 is 0 Å². The van der Waals surface area contributed by atoms with E-state index in [0.29, 0.717) is 5.69 Å². The molecule has 0 aliphatic heterocycles. The van der Waals surface area contributed by atoms with Crippen LogP contribution in [0, 0.1) is 0 Å². The molecular formula is C13H11N5. The SMILES string of the molecule is Nc1cn(-c2ccncc2)nc1-c1cccnc1. The highest BCUT2D eigenvalue weighted by atomic mass is 15.3. The van der Waals surface area contributed by atoms with Crippen molar-refractivity contribution in [3.05, 3.63) is 55.2 Å². The Morgan fingerprint density at radius 1 is 1.00 bits per heavy atom. The third kappa shape index (κ3) is 1.82. The fraction of sp³-hybridized carbons (Fsp3) is 0. The molecule has 2 N–H and O–H groups in total. The summed E-state index contributed by atoms with van der Waals surface area (Å²) in [7, 11) is 0. The lowest BCUT2D eigenvalue weighted by Gasteiger charge is -1.99. The maximum absolute atomic E-state index is 5.98. The molecule has 3 rings (SSSR count). The average Bonchev–Trinajstić information content (AvgIpc) is 2.83. The second-order valence-electron chi connectivity index (χ2n) is 3.82. The summed E-state index contributed by atoms with van der Waals surface area (Å²) >= 11 is 0. The Morgan fingerprint density at radius 2 is 1.83 bits per heavy atom. The highest BCUT2D eigenvalue weighted by Crippen LogP contribution is 2.24. The standard InChI is InChI=1S/C13H11N5/c14-12-9-18(11-3-6-15-7-4-11)17-13(12)10-2-1-5-16-8-10/h1-9H,14H2. The zero-order valence-corrected chi connectivity index (χ0v) is 9.56. The summed E-state index contributed by atoms with van der Waals surface area (Å²) in [5.41, 5.74) is 9.17. The van der Waals surface area contributed by atoms with Crippen LogP contribution < -0.4 is 5.73 Å². The van der Waals surface area contributed by atoms with Crippen molar-refractivity contribution in [1.29, 1.82) is 0 Å². The predicted octanol–water partition coefficient (Wildman–Crippen LogP) is 1.91. The van der Waals surface area contributed by atoms with Crippen LogP contribution in [0.4, 0.5) is 5.69 Å². The largest absolute Gasteiger partial charge is 0.396 e. The van der Waals surface area contributed by atoms with Gasteiger partial charge in [0.15, 0.2) is 0 Å². The number of rotatable bonds is 2. The molecule has 18 heavy (non-hydrogen) atoms. The van der Waals surface area contributed by atoms with Gasteiger partial charge in [-0.2, -0.15) is 5.10 Å². The number of nitrogens with zero attached hydrogens (tertiary/aromatic N) is 4. The Balaban J connectivity index is 2.07. The lowest BCUT2D eigenvalue weighted by atomic mass is 10.2. The molecule has 3 aromatic rings. The highest BCUT2D eigenvalue weighted by molar-refractivity contribution is 5.71. The molecule has 88 valence electrons. The van der Waals surface area contributed by atoms with Gasteiger partial charge in [-0.3, -0.25) is 9.97 Å². The van der Waals surface area contributed by atoms with Crippen molar-refractivity contribution in [3.8, 4) is 16.9 Å². The lowest BCUT2D eigenvalue weighted by molar-refractivity contribution is 0.881. The van der Waals surface area contributed by atoms with Crippen LogP contribution in [0.15, 0.2) is 55.2 Å². The van der Waals surface area contributed by atoms with Gasteiger partial charge in [-0.15, -0.1) is 0 Å². The first-order valence-electron chi connectivity index (χ1n) is 5.50. The van der Waals surface area contributed by atoms with E-state index in [9.17, 15) is 0 Å². The molecule has 0 bridgehead atoms. The topological polar surface area (TPSA) is 69.6 Å². The van der Waals surface area contributed by atoms with Crippen LogP contribution in [0.25, 0.3) is 16.9 Å². The fourth-order valence-corrected chi connectivity index (χ4v) is 1.74. The van der Waals surface area contributed by atoms with Crippen molar-refractivity contribution < 1.29 is 0 Å². The van der Waals surface area contributed by atoms with Crippen molar-refractivity contribution in [2.24, 2.45) is 0 Å². The van der Waals surface area contributed by atoms with Crippen LogP contribution in [0.5, 0.6) is 0 Å². The summed E-state index contributed by atoms with van der Waals surface area (Å²) in [5.74, 6) is 0. The van der Waals surface area contributed by atoms with Crippen LogP contribution in [0.1, 0.15) is 0 Å². The second kappa shape index (κ2) is 4.29. The number of anilines is 1. The third-order valence-corrected chi connectivity index (χ3v) is 2.60. The minimum Gasteiger partial charge on any atom is -0.396 e. The first-order valence-corrected chi connectivity index (χ1v) is 5.50. The summed E-state index contributed by atoms with van der Waals surface area (Å²) in [5, 5.41) is 4.47. The summed E-state index contributed by atoms with van der Waals surface area (Å²) < 4.78 is 1.74. The molecule has 0 amide bonds. The average molecular weight is 237 g/mol.